The highest BCUT2D eigenvalue weighted by atomic mass is 16.5. The first kappa shape index (κ1) is 19.4. The molecule has 2 aromatic carbocycles. The lowest BCUT2D eigenvalue weighted by Crippen LogP contribution is -2.19. The van der Waals surface area contributed by atoms with E-state index in [4.69, 9.17) is 9.47 Å². The van der Waals surface area contributed by atoms with Crippen molar-refractivity contribution in [2.45, 2.75) is 19.1 Å². The highest BCUT2D eigenvalue weighted by molar-refractivity contribution is 5.93. The van der Waals surface area contributed by atoms with Crippen LogP contribution >= 0.6 is 0 Å². The van der Waals surface area contributed by atoms with E-state index in [2.05, 4.69) is 15.4 Å². The Morgan fingerprint density at radius 2 is 2.00 bits per heavy atom. The van der Waals surface area contributed by atoms with E-state index in [1.165, 1.54) is 0 Å². The largest absolute Gasteiger partial charge is 0.489 e. The van der Waals surface area contributed by atoms with Crippen LogP contribution in [0.3, 0.4) is 0 Å². The maximum absolute atomic E-state index is 12.8. The number of nitrogens with zero attached hydrogens (tertiary/aromatic N) is 2. The second-order valence-electron chi connectivity index (χ2n) is 7.72. The zero-order chi connectivity index (χ0) is 21.2. The summed E-state index contributed by atoms with van der Waals surface area (Å²) in [5.41, 5.74) is 2.87. The molecule has 31 heavy (non-hydrogen) atoms. The number of aromatic amines is 1. The number of pyridine rings is 1. The van der Waals surface area contributed by atoms with Crippen molar-refractivity contribution in [3.63, 3.8) is 0 Å². The first-order valence-electron chi connectivity index (χ1n) is 10.4. The average Bonchev–Trinajstić information content (AvgIpc) is 3.41. The van der Waals surface area contributed by atoms with Crippen LogP contribution in [0, 0.1) is 0 Å². The summed E-state index contributed by atoms with van der Waals surface area (Å²) in [5, 5.41) is 8.82. The van der Waals surface area contributed by atoms with E-state index in [9.17, 15) is 4.79 Å². The number of hydrogen-bond acceptors (Lipinski definition) is 5. The molecule has 2 N–H and O–H groups in total. The Bertz CT molecular complexity index is 1260. The summed E-state index contributed by atoms with van der Waals surface area (Å²) < 4.78 is 13.6. The summed E-state index contributed by atoms with van der Waals surface area (Å²) in [6, 6.07) is 19.2. The van der Waals surface area contributed by atoms with E-state index in [0.29, 0.717) is 23.7 Å². The maximum Gasteiger partial charge on any atom is 0.260 e. The van der Waals surface area contributed by atoms with Crippen molar-refractivity contribution >= 4 is 10.9 Å². The molecule has 158 valence electrons. The predicted molar refractivity (Wildman–Crippen MR) is 119 cm³/mol. The second-order valence-corrected chi connectivity index (χ2v) is 7.72. The third-order valence-electron chi connectivity index (χ3n) is 5.52. The van der Waals surface area contributed by atoms with Crippen molar-refractivity contribution in [2.75, 3.05) is 13.1 Å². The van der Waals surface area contributed by atoms with E-state index in [1.807, 2.05) is 55.6 Å². The lowest BCUT2D eigenvalue weighted by Gasteiger charge is -2.12. The maximum atomic E-state index is 12.8. The predicted octanol–water partition coefficient (Wildman–Crippen LogP) is 3.25. The molecule has 1 aliphatic rings. The van der Waals surface area contributed by atoms with Gasteiger partial charge in [0.25, 0.3) is 5.56 Å². The minimum absolute atomic E-state index is 0.191. The molecule has 1 fully saturated rings. The van der Waals surface area contributed by atoms with Crippen molar-refractivity contribution in [1.29, 1.82) is 0 Å². The van der Waals surface area contributed by atoms with Gasteiger partial charge in [0.1, 0.15) is 24.2 Å². The SMILES string of the molecule is Cn1nc(-c2ccc(OCc3ccccc3)[nH]c2=O)c2ccc(OC3CCNC3)cc21. The Hall–Kier alpha value is -3.58. The third kappa shape index (κ3) is 4.04. The quantitative estimate of drug-likeness (QED) is 0.504. The number of aromatic nitrogens is 3. The zero-order valence-electron chi connectivity index (χ0n) is 17.3. The number of fused-ring (bicyclic) bond motifs is 1. The Labute approximate surface area is 179 Å². The molecular formula is C24H24N4O3. The van der Waals surface area contributed by atoms with Crippen molar-refractivity contribution in [3.8, 4) is 22.9 Å². The lowest BCUT2D eigenvalue weighted by molar-refractivity contribution is 0.223. The van der Waals surface area contributed by atoms with Gasteiger partial charge in [-0.05, 0) is 42.8 Å². The van der Waals surface area contributed by atoms with Gasteiger partial charge in [0.15, 0.2) is 5.88 Å². The van der Waals surface area contributed by atoms with Crippen LogP contribution in [0.25, 0.3) is 22.2 Å². The summed E-state index contributed by atoms with van der Waals surface area (Å²) in [5.74, 6) is 1.24. The van der Waals surface area contributed by atoms with E-state index in [1.54, 1.807) is 16.8 Å². The smallest absolute Gasteiger partial charge is 0.260 e. The van der Waals surface area contributed by atoms with Crippen LogP contribution in [0.4, 0.5) is 0 Å². The van der Waals surface area contributed by atoms with Gasteiger partial charge >= 0.3 is 0 Å². The molecule has 0 amide bonds. The Morgan fingerprint density at radius 3 is 2.77 bits per heavy atom. The minimum atomic E-state index is -0.233. The fraction of sp³-hybridized carbons (Fsp3) is 0.250. The van der Waals surface area contributed by atoms with Crippen LogP contribution in [0.5, 0.6) is 11.6 Å². The summed E-state index contributed by atoms with van der Waals surface area (Å²) in [6.07, 6.45) is 1.19. The molecule has 4 aromatic rings. The number of rotatable bonds is 6. The Morgan fingerprint density at radius 1 is 1.13 bits per heavy atom. The minimum Gasteiger partial charge on any atom is -0.489 e. The number of hydrogen-bond donors (Lipinski definition) is 2. The molecule has 5 rings (SSSR count). The molecule has 2 aromatic heterocycles. The fourth-order valence-electron chi connectivity index (χ4n) is 3.89. The number of benzene rings is 2. The van der Waals surface area contributed by atoms with Crippen molar-refractivity contribution in [1.82, 2.24) is 20.1 Å². The van der Waals surface area contributed by atoms with Crippen LogP contribution in [-0.4, -0.2) is 34.0 Å². The number of ether oxygens (including phenoxy) is 2. The van der Waals surface area contributed by atoms with Gasteiger partial charge in [-0.2, -0.15) is 5.10 Å². The zero-order valence-corrected chi connectivity index (χ0v) is 17.3. The second kappa shape index (κ2) is 8.28. The van der Waals surface area contributed by atoms with E-state index in [-0.39, 0.29) is 11.7 Å². The normalized spacial score (nSPS) is 16.0. The molecule has 7 heteroatoms. The van der Waals surface area contributed by atoms with Gasteiger partial charge in [-0.3, -0.25) is 14.5 Å². The van der Waals surface area contributed by atoms with Gasteiger partial charge in [-0.15, -0.1) is 0 Å². The molecule has 0 spiro atoms. The molecule has 1 saturated heterocycles. The highest BCUT2D eigenvalue weighted by Gasteiger charge is 2.18. The monoisotopic (exact) mass is 416 g/mol. The van der Waals surface area contributed by atoms with Crippen LogP contribution in [0.15, 0.2) is 65.5 Å². The molecule has 3 heterocycles. The fourth-order valence-corrected chi connectivity index (χ4v) is 3.89. The van der Waals surface area contributed by atoms with Gasteiger partial charge < -0.3 is 14.8 Å². The van der Waals surface area contributed by atoms with E-state index in [0.717, 1.165) is 41.7 Å². The van der Waals surface area contributed by atoms with Crippen molar-refractivity contribution in [2.24, 2.45) is 7.05 Å². The highest BCUT2D eigenvalue weighted by Crippen LogP contribution is 2.29. The van der Waals surface area contributed by atoms with Crippen LogP contribution < -0.4 is 20.3 Å². The average molecular weight is 416 g/mol. The lowest BCUT2D eigenvalue weighted by atomic mass is 10.1. The summed E-state index contributed by atoms with van der Waals surface area (Å²) in [6.45, 7) is 2.24. The summed E-state index contributed by atoms with van der Waals surface area (Å²) in [7, 11) is 1.87. The van der Waals surface area contributed by atoms with Crippen molar-refractivity contribution < 1.29 is 9.47 Å². The number of nitrogens with one attached hydrogen (secondary N) is 2. The molecule has 0 aliphatic carbocycles. The molecule has 7 nitrogen and oxygen atoms in total. The first-order valence-corrected chi connectivity index (χ1v) is 10.4. The molecule has 1 atom stereocenters. The molecule has 1 unspecified atom stereocenters. The summed E-state index contributed by atoms with van der Waals surface area (Å²) >= 11 is 0. The Kier molecular flexibility index (Phi) is 5.18. The first-order chi connectivity index (χ1) is 15.2. The number of H-pyrrole nitrogens is 1. The van der Waals surface area contributed by atoms with Gasteiger partial charge in [-0.25, -0.2) is 0 Å². The molecule has 0 radical (unpaired) electrons. The van der Waals surface area contributed by atoms with E-state index >= 15 is 0 Å². The van der Waals surface area contributed by atoms with Crippen molar-refractivity contribution in [3.05, 3.63) is 76.6 Å². The third-order valence-corrected chi connectivity index (χ3v) is 5.52. The molecule has 0 saturated carbocycles. The molecule has 1 aliphatic heterocycles. The van der Waals surface area contributed by atoms with Crippen LogP contribution in [0.2, 0.25) is 0 Å². The summed E-state index contributed by atoms with van der Waals surface area (Å²) in [4.78, 5) is 15.6. The standard InChI is InChI=1S/C24H24N4O3/c1-28-21-13-17(31-18-11-12-25-14-18)7-8-19(21)23(27-28)20-9-10-22(26-24(20)29)30-15-16-5-3-2-4-6-16/h2-10,13,18,25H,11-12,14-15H2,1H3,(H,26,29). The van der Waals surface area contributed by atoms with Gasteiger partial charge in [0.05, 0.1) is 11.1 Å². The van der Waals surface area contributed by atoms with Gasteiger partial charge in [-0.1, -0.05) is 30.3 Å². The Balaban J connectivity index is 1.40. The van der Waals surface area contributed by atoms with Gasteiger partial charge in [0.2, 0.25) is 0 Å². The number of aryl methyl sites for hydroxylation is 1. The van der Waals surface area contributed by atoms with Gasteiger partial charge in [0, 0.05) is 25.0 Å². The topological polar surface area (TPSA) is 81.2 Å². The van der Waals surface area contributed by atoms with Crippen LogP contribution in [-0.2, 0) is 13.7 Å². The van der Waals surface area contributed by atoms with E-state index < -0.39 is 0 Å². The van der Waals surface area contributed by atoms with Crippen LogP contribution in [0.1, 0.15) is 12.0 Å². The molecule has 0 bridgehead atoms. The molecular weight excluding hydrogens is 392 g/mol.